The lowest BCUT2D eigenvalue weighted by molar-refractivity contribution is 0.0600. The molecule has 5 rings (SSSR count). The molecular weight excluding hydrogens is 456 g/mol. The van der Waals surface area contributed by atoms with Crippen LogP contribution in [0.15, 0.2) is 91.0 Å². The number of carbonyl (C=O) groups is 4. The van der Waals surface area contributed by atoms with E-state index in [1.807, 2.05) is 0 Å². The summed E-state index contributed by atoms with van der Waals surface area (Å²) in [6.45, 7) is 0. The summed E-state index contributed by atoms with van der Waals surface area (Å²) in [5.74, 6) is -1.54. The van der Waals surface area contributed by atoms with Crippen molar-refractivity contribution in [3.05, 3.63) is 124 Å². The fourth-order valence-electron chi connectivity index (χ4n) is 4.18. The molecule has 36 heavy (non-hydrogen) atoms. The second-order valence-electron chi connectivity index (χ2n) is 8.13. The molecule has 0 radical (unpaired) electrons. The lowest BCUT2D eigenvalue weighted by Crippen LogP contribution is -2.25. The number of hydrogen-bond acceptors (Lipinski definition) is 6. The predicted molar refractivity (Wildman–Crippen MR) is 135 cm³/mol. The molecule has 0 saturated carbocycles. The molecule has 0 aliphatic heterocycles. The van der Waals surface area contributed by atoms with Gasteiger partial charge in [-0.2, -0.15) is 0 Å². The summed E-state index contributed by atoms with van der Waals surface area (Å²) in [5, 5.41) is 5.97. The van der Waals surface area contributed by atoms with Crippen LogP contribution in [0, 0.1) is 0 Å². The summed E-state index contributed by atoms with van der Waals surface area (Å²) in [7, 11) is 1.30. The smallest absolute Gasteiger partial charge is 0.337 e. The maximum Gasteiger partial charge on any atom is 0.337 e. The summed E-state index contributed by atoms with van der Waals surface area (Å²) in [4.78, 5) is 51.8. The first-order valence-electron chi connectivity index (χ1n) is 11.1. The van der Waals surface area contributed by atoms with Gasteiger partial charge in [0, 0.05) is 22.4 Å². The Kier molecular flexibility index (Phi) is 5.88. The van der Waals surface area contributed by atoms with Crippen LogP contribution < -0.4 is 10.6 Å². The molecule has 1 aliphatic rings. The summed E-state index contributed by atoms with van der Waals surface area (Å²) in [5.41, 5.74) is 2.93. The van der Waals surface area contributed by atoms with Crippen LogP contribution >= 0.6 is 0 Å². The number of fused-ring (bicyclic) bond motifs is 2. The first-order chi connectivity index (χ1) is 17.5. The minimum absolute atomic E-state index is 0.124. The fourth-order valence-corrected chi connectivity index (χ4v) is 4.18. The van der Waals surface area contributed by atoms with Gasteiger partial charge in [-0.1, -0.05) is 42.5 Å². The third kappa shape index (κ3) is 4.03. The summed E-state index contributed by atoms with van der Waals surface area (Å²) < 4.78 is 4.73. The second kappa shape index (κ2) is 9.31. The zero-order chi connectivity index (χ0) is 25.2. The number of benzene rings is 4. The molecule has 1 aliphatic carbocycles. The Morgan fingerprint density at radius 1 is 0.639 bits per heavy atom. The molecule has 0 bridgehead atoms. The Hall–Kier alpha value is -5.04. The molecular formula is C29H20N2O5. The Morgan fingerprint density at radius 3 is 1.81 bits per heavy atom. The Balaban J connectivity index is 1.58. The first-order valence-corrected chi connectivity index (χ1v) is 11.1. The molecule has 0 saturated heterocycles. The van der Waals surface area contributed by atoms with Gasteiger partial charge in [-0.3, -0.25) is 14.4 Å². The van der Waals surface area contributed by atoms with E-state index in [0.717, 1.165) is 0 Å². The fraction of sp³-hybridized carbons (Fsp3) is 0.0345. The molecule has 7 heteroatoms. The standard InChI is InChI=1S/C29H20N2O5/c1-36-29(35)18-11-13-19(14-12-18)30-22-15-16-23(31-28(34)17-7-3-2-4-8-17)25-24(22)26(32)20-9-5-6-10-21(20)27(25)33/h2-16,30H,1H3,(H,31,34). The largest absolute Gasteiger partial charge is 0.465 e. The number of methoxy groups -OCH3 is 1. The van der Waals surface area contributed by atoms with Crippen molar-refractivity contribution >= 4 is 40.5 Å². The van der Waals surface area contributed by atoms with Gasteiger partial charge >= 0.3 is 5.97 Å². The van der Waals surface area contributed by atoms with Crippen molar-refractivity contribution in [2.24, 2.45) is 0 Å². The number of nitrogens with one attached hydrogen (secondary N) is 2. The summed E-state index contributed by atoms with van der Waals surface area (Å²) in [6, 6.07) is 25.0. The number of hydrogen-bond donors (Lipinski definition) is 2. The van der Waals surface area contributed by atoms with Gasteiger partial charge in [0.2, 0.25) is 0 Å². The maximum atomic E-state index is 13.6. The van der Waals surface area contributed by atoms with Gasteiger partial charge in [0.25, 0.3) is 5.91 Å². The van der Waals surface area contributed by atoms with E-state index >= 15 is 0 Å². The normalized spacial score (nSPS) is 11.8. The minimum Gasteiger partial charge on any atom is -0.465 e. The average molecular weight is 476 g/mol. The second-order valence-corrected chi connectivity index (χ2v) is 8.13. The highest BCUT2D eigenvalue weighted by atomic mass is 16.5. The minimum atomic E-state index is -0.463. The van der Waals surface area contributed by atoms with Gasteiger partial charge in [0.1, 0.15) is 0 Å². The van der Waals surface area contributed by atoms with Crippen molar-refractivity contribution in [2.45, 2.75) is 0 Å². The number of ketones is 2. The van der Waals surface area contributed by atoms with Crippen LogP contribution in [0.4, 0.5) is 17.1 Å². The molecule has 4 aromatic carbocycles. The van der Waals surface area contributed by atoms with Gasteiger partial charge in [0.05, 0.1) is 35.2 Å². The monoisotopic (exact) mass is 476 g/mol. The molecule has 0 atom stereocenters. The van der Waals surface area contributed by atoms with E-state index in [4.69, 9.17) is 4.74 Å². The first kappa shape index (κ1) is 22.7. The SMILES string of the molecule is COC(=O)c1ccc(Nc2ccc(NC(=O)c3ccccc3)c3c2C(=O)c2ccccc2C3=O)cc1. The summed E-state index contributed by atoms with van der Waals surface area (Å²) in [6.07, 6.45) is 0. The quantitative estimate of drug-likeness (QED) is 0.336. The van der Waals surface area contributed by atoms with Crippen LogP contribution in [0.25, 0.3) is 0 Å². The Labute approximate surface area is 206 Å². The van der Waals surface area contributed by atoms with Crippen LogP contribution in [0.1, 0.15) is 52.6 Å². The molecule has 4 aromatic rings. The highest BCUT2D eigenvalue weighted by Gasteiger charge is 2.34. The number of rotatable bonds is 5. The number of ether oxygens (including phenoxy) is 1. The summed E-state index contributed by atoms with van der Waals surface area (Å²) >= 11 is 0. The molecule has 0 unspecified atom stereocenters. The lowest BCUT2D eigenvalue weighted by Gasteiger charge is -2.23. The number of carbonyl (C=O) groups excluding carboxylic acids is 4. The van der Waals surface area contributed by atoms with Crippen LogP contribution in [0.2, 0.25) is 0 Å². The Morgan fingerprint density at radius 2 is 1.19 bits per heavy atom. The zero-order valence-electron chi connectivity index (χ0n) is 19.2. The molecule has 176 valence electrons. The average Bonchev–Trinajstić information content (AvgIpc) is 2.92. The van der Waals surface area contributed by atoms with E-state index in [-0.39, 0.29) is 33.9 Å². The van der Waals surface area contributed by atoms with E-state index in [0.29, 0.717) is 28.1 Å². The number of amides is 1. The van der Waals surface area contributed by atoms with E-state index in [9.17, 15) is 19.2 Å². The number of esters is 1. The molecule has 0 fully saturated rings. The highest BCUT2D eigenvalue weighted by molar-refractivity contribution is 6.32. The Bertz CT molecular complexity index is 1530. The molecule has 7 nitrogen and oxygen atoms in total. The van der Waals surface area contributed by atoms with E-state index in [1.165, 1.54) is 7.11 Å². The van der Waals surface area contributed by atoms with E-state index in [1.54, 1.807) is 91.0 Å². The highest BCUT2D eigenvalue weighted by Crippen LogP contribution is 2.37. The lowest BCUT2D eigenvalue weighted by atomic mass is 9.82. The number of anilines is 3. The van der Waals surface area contributed by atoms with Crippen LogP contribution in [-0.4, -0.2) is 30.6 Å². The predicted octanol–water partition coefficient (Wildman–Crippen LogP) is 5.24. The molecule has 0 spiro atoms. The van der Waals surface area contributed by atoms with Crippen molar-refractivity contribution in [1.82, 2.24) is 0 Å². The molecule has 0 heterocycles. The van der Waals surface area contributed by atoms with Gasteiger partial charge in [-0.15, -0.1) is 0 Å². The third-order valence-electron chi connectivity index (χ3n) is 5.94. The molecule has 0 aromatic heterocycles. The van der Waals surface area contributed by atoms with Crippen molar-refractivity contribution in [2.75, 3.05) is 17.7 Å². The third-order valence-corrected chi connectivity index (χ3v) is 5.94. The van der Waals surface area contributed by atoms with E-state index in [2.05, 4.69) is 10.6 Å². The van der Waals surface area contributed by atoms with Crippen molar-refractivity contribution in [3.8, 4) is 0 Å². The van der Waals surface area contributed by atoms with Crippen molar-refractivity contribution < 1.29 is 23.9 Å². The maximum absolute atomic E-state index is 13.6. The topological polar surface area (TPSA) is 102 Å². The zero-order valence-corrected chi connectivity index (χ0v) is 19.2. The van der Waals surface area contributed by atoms with Crippen LogP contribution in [-0.2, 0) is 4.74 Å². The van der Waals surface area contributed by atoms with Gasteiger partial charge < -0.3 is 15.4 Å². The van der Waals surface area contributed by atoms with E-state index < -0.39 is 11.9 Å². The van der Waals surface area contributed by atoms with Crippen molar-refractivity contribution in [3.63, 3.8) is 0 Å². The van der Waals surface area contributed by atoms with Gasteiger partial charge in [0.15, 0.2) is 11.6 Å². The van der Waals surface area contributed by atoms with Crippen LogP contribution in [0.3, 0.4) is 0 Å². The molecule has 1 amide bonds. The van der Waals surface area contributed by atoms with Gasteiger partial charge in [-0.05, 0) is 48.5 Å². The van der Waals surface area contributed by atoms with Crippen molar-refractivity contribution in [1.29, 1.82) is 0 Å². The molecule has 2 N–H and O–H groups in total. The van der Waals surface area contributed by atoms with Crippen LogP contribution in [0.5, 0.6) is 0 Å². The van der Waals surface area contributed by atoms with Gasteiger partial charge in [-0.25, -0.2) is 4.79 Å².